The van der Waals surface area contributed by atoms with E-state index in [1.165, 1.54) is 44.6 Å². The molecular formula is C34H27N3O8. The fourth-order valence-electron chi connectivity index (χ4n) is 5.36. The third kappa shape index (κ3) is 5.50. The highest BCUT2D eigenvalue weighted by atomic mass is 16.5. The van der Waals surface area contributed by atoms with E-state index in [2.05, 4.69) is 15.0 Å². The number of carbonyl (C=O) groups is 1. The lowest BCUT2D eigenvalue weighted by molar-refractivity contribution is -0.111. The Morgan fingerprint density at radius 2 is 1.53 bits per heavy atom. The lowest BCUT2D eigenvalue weighted by Crippen LogP contribution is -2.33. The van der Waals surface area contributed by atoms with Gasteiger partial charge in [0.2, 0.25) is 5.88 Å². The lowest BCUT2D eigenvalue weighted by Gasteiger charge is -2.27. The first-order chi connectivity index (χ1) is 21.8. The van der Waals surface area contributed by atoms with Crippen LogP contribution in [-0.2, 0) is 4.79 Å². The molecule has 11 nitrogen and oxygen atoms in total. The number of hydrogen-bond acceptors (Lipinski definition) is 8. The molecule has 3 heterocycles. The molecule has 5 N–H and O–H groups in total. The second-order valence-electron chi connectivity index (χ2n) is 10.1. The summed E-state index contributed by atoms with van der Waals surface area (Å²) in [7, 11) is 2.87. The largest absolute Gasteiger partial charge is 0.504 e. The number of para-hydroxylation sites is 1. The highest BCUT2D eigenvalue weighted by Crippen LogP contribution is 2.43. The number of hydrogen-bond donors (Lipinski definition) is 5. The Morgan fingerprint density at radius 1 is 0.867 bits per heavy atom. The van der Waals surface area contributed by atoms with E-state index < -0.39 is 23.0 Å². The number of aromatic nitrogens is 3. The molecule has 1 aliphatic rings. The molecule has 226 valence electrons. The number of fused-ring (bicyclic) bond motifs is 2. The zero-order chi connectivity index (χ0) is 31.7. The van der Waals surface area contributed by atoms with Gasteiger partial charge in [-0.1, -0.05) is 42.5 Å². The van der Waals surface area contributed by atoms with E-state index >= 15 is 0 Å². The third-order valence-corrected chi connectivity index (χ3v) is 7.46. The van der Waals surface area contributed by atoms with Gasteiger partial charge in [-0.05, 0) is 59.2 Å². The molecule has 11 heteroatoms. The normalized spacial score (nSPS) is 14.6. The van der Waals surface area contributed by atoms with Crippen molar-refractivity contribution in [1.29, 1.82) is 0 Å². The van der Waals surface area contributed by atoms with Gasteiger partial charge in [0.15, 0.2) is 28.8 Å². The molecule has 0 radical (unpaired) electrons. The van der Waals surface area contributed by atoms with Gasteiger partial charge in [-0.15, -0.1) is 0 Å². The Hall–Kier alpha value is -6.23. The number of carbonyl (C=O) groups excluding carboxylic acids is 1. The summed E-state index contributed by atoms with van der Waals surface area (Å²) in [5.74, 6) is -1.10. The predicted molar refractivity (Wildman–Crippen MR) is 168 cm³/mol. The Kier molecular flexibility index (Phi) is 7.57. The van der Waals surface area contributed by atoms with Gasteiger partial charge in [0, 0.05) is 17.1 Å². The number of rotatable bonds is 8. The summed E-state index contributed by atoms with van der Waals surface area (Å²) in [5.41, 5.74) is 1.17. The molecule has 5 aromatic rings. The van der Waals surface area contributed by atoms with Crippen molar-refractivity contribution in [2.75, 3.05) is 14.2 Å². The topological polar surface area (TPSA) is 167 Å². The number of ether oxygens (including phenoxy) is 3. The number of benzene rings is 3. The number of aromatic amines is 3. The van der Waals surface area contributed by atoms with Crippen LogP contribution in [0.25, 0.3) is 23.1 Å². The quantitative estimate of drug-likeness (QED) is 0.158. The van der Waals surface area contributed by atoms with Gasteiger partial charge < -0.3 is 29.4 Å². The van der Waals surface area contributed by atoms with E-state index in [1.807, 2.05) is 24.3 Å². The summed E-state index contributed by atoms with van der Waals surface area (Å²) < 4.78 is 16.3. The highest BCUT2D eigenvalue weighted by Gasteiger charge is 2.37. The van der Waals surface area contributed by atoms with Crippen LogP contribution in [0.1, 0.15) is 28.2 Å². The Morgan fingerprint density at radius 3 is 2.20 bits per heavy atom. The summed E-state index contributed by atoms with van der Waals surface area (Å²) in [4.78, 5) is 47.8. The maximum Gasteiger partial charge on any atom is 0.328 e. The first-order valence-electron chi connectivity index (χ1n) is 13.8. The van der Waals surface area contributed by atoms with Crippen molar-refractivity contribution >= 4 is 28.8 Å². The van der Waals surface area contributed by atoms with Gasteiger partial charge in [0.25, 0.3) is 5.56 Å². The van der Waals surface area contributed by atoms with E-state index in [-0.39, 0.29) is 45.8 Å². The molecule has 0 spiro atoms. The van der Waals surface area contributed by atoms with Crippen LogP contribution in [0.4, 0.5) is 0 Å². The van der Waals surface area contributed by atoms with Crippen LogP contribution >= 0.6 is 0 Å². The summed E-state index contributed by atoms with van der Waals surface area (Å²) in [6.45, 7) is 0. The zero-order valence-electron chi connectivity index (χ0n) is 24.1. The predicted octanol–water partition coefficient (Wildman–Crippen LogP) is 4.75. The summed E-state index contributed by atoms with van der Waals surface area (Å²) in [6, 6.07) is 16.9. The average Bonchev–Trinajstić information content (AvgIpc) is 3.46. The maximum absolute atomic E-state index is 14.2. The van der Waals surface area contributed by atoms with Crippen LogP contribution in [0.15, 0.2) is 99.9 Å². The lowest BCUT2D eigenvalue weighted by atomic mass is 9.81. The highest BCUT2D eigenvalue weighted by molar-refractivity contribution is 6.09. The fourth-order valence-corrected chi connectivity index (χ4v) is 5.36. The van der Waals surface area contributed by atoms with E-state index in [9.17, 15) is 24.6 Å². The number of phenols is 2. The molecule has 2 aromatic heterocycles. The summed E-state index contributed by atoms with van der Waals surface area (Å²) >= 11 is 0. The van der Waals surface area contributed by atoms with Crippen molar-refractivity contribution < 1.29 is 29.2 Å². The number of ketones is 1. The van der Waals surface area contributed by atoms with E-state index in [1.54, 1.807) is 36.5 Å². The summed E-state index contributed by atoms with van der Waals surface area (Å²) in [6.07, 6.45) is 7.72. The van der Waals surface area contributed by atoms with Crippen LogP contribution in [0.2, 0.25) is 0 Å². The second kappa shape index (κ2) is 11.8. The zero-order valence-corrected chi connectivity index (χ0v) is 24.1. The minimum absolute atomic E-state index is 0.0532. The van der Waals surface area contributed by atoms with Crippen LogP contribution in [0.3, 0.4) is 0 Å². The molecule has 45 heavy (non-hydrogen) atoms. The Balaban J connectivity index is 1.55. The second-order valence-corrected chi connectivity index (χ2v) is 10.1. The minimum atomic E-state index is -0.962. The van der Waals surface area contributed by atoms with Gasteiger partial charge in [0.1, 0.15) is 5.76 Å². The number of allylic oxidation sites excluding steroid dienone is 3. The molecule has 6 rings (SSSR count). The van der Waals surface area contributed by atoms with Crippen LogP contribution in [0.5, 0.6) is 28.9 Å². The fraction of sp³-hybridized carbons (Fsp3) is 0.0882. The average molecular weight is 606 g/mol. The molecule has 1 unspecified atom stereocenters. The summed E-state index contributed by atoms with van der Waals surface area (Å²) in [5, 5.41) is 21.3. The van der Waals surface area contributed by atoms with Gasteiger partial charge in [-0.2, -0.15) is 0 Å². The van der Waals surface area contributed by atoms with Gasteiger partial charge >= 0.3 is 5.69 Å². The number of nitrogens with one attached hydrogen (secondary N) is 3. The van der Waals surface area contributed by atoms with Crippen molar-refractivity contribution in [2.45, 2.75) is 5.92 Å². The molecule has 0 amide bonds. The number of methoxy groups -OCH3 is 2. The molecule has 1 atom stereocenters. The third-order valence-electron chi connectivity index (χ3n) is 7.46. The Labute approximate surface area is 255 Å². The molecular weight excluding hydrogens is 578 g/mol. The Bertz CT molecular complexity index is 2170. The first-order valence-corrected chi connectivity index (χ1v) is 13.8. The van der Waals surface area contributed by atoms with Gasteiger partial charge in [0.05, 0.1) is 31.3 Å². The van der Waals surface area contributed by atoms with Crippen molar-refractivity contribution in [3.05, 3.63) is 133 Å². The maximum atomic E-state index is 14.2. The molecule has 0 saturated heterocycles. The number of phenolic OH excluding ortho intramolecular Hbond substituents is 2. The number of aromatic hydroxyl groups is 2. The van der Waals surface area contributed by atoms with Crippen molar-refractivity contribution in [2.24, 2.45) is 0 Å². The molecule has 0 bridgehead atoms. The smallest absolute Gasteiger partial charge is 0.328 e. The minimum Gasteiger partial charge on any atom is -0.504 e. The molecule has 0 fully saturated rings. The van der Waals surface area contributed by atoms with Crippen LogP contribution in [-0.4, -0.2) is 45.2 Å². The monoisotopic (exact) mass is 605 g/mol. The van der Waals surface area contributed by atoms with Gasteiger partial charge in [-0.3, -0.25) is 19.6 Å². The van der Waals surface area contributed by atoms with Crippen LogP contribution < -0.4 is 25.5 Å². The molecule has 0 aliphatic carbocycles. The van der Waals surface area contributed by atoms with Crippen LogP contribution in [0, 0.1) is 0 Å². The van der Waals surface area contributed by atoms with E-state index in [4.69, 9.17) is 14.2 Å². The SMILES string of the molecule is COc1ccc(/C=C/C(=O)C2=C(/C=C/c3ccc(OC)c(O)c3)Oc3[nH]c(=O)[nH]c(=O)c3C2c2c[nH]c3ccccc23)cc1O. The molecule has 0 saturated carbocycles. The standard InChI is InChI=1S/C34H27N3O8/c1-43-26-12-8-18(15-24(26)39)7-11-23(38)30-28(14-10-19-9-13-27(44-2)25(40)16-19)45-33-31(32(41)36-34(42)37-33)29(30)21-17-35-22-6-4-3-5-20(21)22/h3-17,29,35,39-40H,1-2H3,(H2,36,37,41,42)/b11-7+,14-10+. The number of H-pyrrole nitrogens is 3. The first kappa shape index (κ1) is 28.9. The molecule has 3 aromatic carbocycles. The molecule has 1 aliphatic heterocycles. The van der Waals surface area contributed by atoms with Gasteiger partial charge in [-0.25, -0.2) is 4.79 Å². The van der Waals surface area contributed by atoms with Crippen molar-refractivity contribution in [3.63, 3.8) is 0 Å². The van der Waals surface area contributed by atoms with Crippen molar-refractivity contribution in [1.82, 2.24) is 15.0 Å². The van der Waals surface area contributed by atoms with E-state index in [0.717, 1.165) is 10.9 Å². The van der Waals surface area contributed by atoms with E-state index in [0.29, 0.717) is 16.7 Å². The van der Waals surface area contributed by atoms with Crippen molar-refractivity contribution in [3.8, 4) is 28.9 Å².